The monoisotopic (exact) mass is 265 g/mol. The number of nitrogens with one attached hydrogen (secondary N) is 2. The molecule has 1 fully saturated rings. The highest BCUT2D eigenvalue weighted by molar-refractivity contribution is 5.93. The number of H-pyrrole nitrogens is 1. The maximum Gasteiger partial charge on any atom is 0.260 e. The molecule has 2 heterocycles. The SMILES string of the molecule is CC(CN1CCOCC1)NC(=O)c1ccc[nH]c1=O. The van der Waals surface area contributed by atoms with E-state index in [-0.39, 0.29) is 23.1 Å². The fraction of sp³-hybridized carbons (Fsp3) is 0.538. The third-order valence-corrected chi connectivity index (χ3v) is 3.08. The van der Waals surface area contributed by atoms with Crippen LogP contribution in [0.3, 0.4) is 0 Å². The molecule has 2 N–H and O–H groups in total. The molecule has 19 heavy (non-hydrogen) atoms. The Morgan fingerprint density at radius 2 is 2.26 bits per heavy atom. The number of hydrogen-bond acceptors (Lipinski definition) is 4. The molecule has 1 aliphatic heterocycles. The minimum atomic E-state index is -0.362. The lowest BCUT2D eigenvalue weighted by Crippen LogP contribution is -2.46. The Morgan fingerprint density at radius 3 is 2.95 bits per heavy atom. The highest BCUT2D eigenvalue weighted by atomic mass is 16.5. The Labute approximate surface area is 111 Å². The summed E-state index contributed by atoms with van der Waals surface area (Å²) in [5.74, 6) is -0.331. The summed E-state index contributed by atoms with van der Waals surface area (Å²) in [7, 11) is 0. The quantitative estimate of drug-likeness (QED) is 0.792. The van der Waals surface area contributed by atoms with Gasteiger partial charge < -0.3 is 15.0 Å². The molecule has 1 atom stereocenters. The molecular formula is C13H19N3O3. The maximum atomic E-state index is 11.9. The van der Waals surface area contributed by atoms with Gasteiger partial charge in [0, 0.05) is 31.9 Å². The second-order valence-corrected chi connectivity index (χ2v) is 4.70. The van der Waals surface area contributed by atoms with E-state index in [1.165, 1.54) is 12.3 Å². The first-order valence-electron chi connectivity index (χ1n) is 6.45. The molecule has 0 bridgehead atoms. The van der Waals surface area contributed by atoms with E-state index >= 15 is 0 Å². The summed E-state index contributed by atoms with van der Waals surface area (Å²) in [6.45, 7) is 5.93. The van der Waals surface area contributed by atoms with Gasteiger partial charge in [0.05, 0.1) is 13.2 Å². The highest BCUT2D eigenvalue weighted by Crippen LogP contribution is 1.99. The molecule has 0 aromatic carbocycles. The van der Waals surface area contributed by atoms with E-state index in [1.807, 2.05) is 6.92 Å². The van der Waals surface area contributed by atoms with E-state index in [0.717, 1.165) is 32.8 Å². The van der Waals surface area contributed by atoms with Gasteiger partial charge in [0.15, 0.2) is 0 Å². The molecule has 1 saturated heterocycles. The van der Waals surface area contributed by atoms with Crippen LogP contribution in [-0.4, -0.2) is 54.7 Å². The van der Waals surface area contributed by atoms with E-state index < -0.39 is 0 Å². The van der Waals surface area contributed by atoms with Crippen molar-refractivity contribution in [2.45, 2.75) is 13.0 Å². The lowest BCUT2D eigenvalue weighted by atomic mass is 10.2. The number of pyridine rings is 1. The summed E-state index contributed by atoms with van der Waals surface area (Å²) in [6.07, 6.45) is 1.51. The summed E-state index contributed by atoms with van der Waals surface area (Å²) in [5, 5.41) is 2.84. The summed E-state index contributed by atoms with van der Waals surface area (Å²) >= 11 is 0. The van der Waals surface area contributed by atoms with Crippen molar-refractivity contribution < 1.29 is 9.53 Å². The Morgan fingerprint density at radius 1 is 1.53 bits per heavy atom. The molecule has 6 heteroatoms. The molecule has 0 radical (unpaired) electrons. The smallest absolute Gasteiger partial charge is 0.260 e. The zero-order valence-electron chi connectivity index (χ0n) is 11.0. The van der Waals surface area contributed by atoms with Crippen LogP contribution in [0.15, 0.2) is 23.1 Å². The van der Waals surface area contributed by atoms with Crippen molar-refractivity contribution >= 4 is 5.91 Å². The number of nitrogens with zero attached hydrogens (tertiary/aromatic N) is 1. The van der Waals surface area contributed by atoms with E-state index in [1.54, 1.807) is 6.07 Å². The molecular weight excluding hydrogens is 246 g/mol. The third kappa shape index (κ3) is 3.90. The van der Waals surface area contributed by atoms with Crippen LogP contribution in [0, 0.1) is 0 Å². The molecule has 1 aromatic heterocycles. The summed E-state index contributed by atoms with van der Waals surface area (Å²) in [6, 6.07) is 3.16. The maximum absolute atomic E-state index is 11.9. The van der Waals surface area contributed by atoms with Crippen LogP contribution in [-0.2, 0) is 4.74 Å². The highest BCUT2D eigenvalue weighted by Gasteiger charge is 2.17. The van der Waals surface area contributed by atoms with Crippen molar-refractivity contribution in [3.8, 4) is 0 Å². The lowest BCUT2D eigenvalue weighted by Gasteiger charge is -2.29. The average Bonchev–Trinajstić information content (AvgIpc) is 2.40. The first-order chi connectivity index (χ1) is 9.16. The van der Waals surface area contributed by atoms with Gasteiger partial charge in [0.1, 0.15) is 5.56 Å². The molecule has 1 amide bonds. The number of rotatable bonds is 4. The molecule has 1 aliphatic rings. The fourth-order valence-electron chi connectivity index (χ4n) is 2.12. The van der Waals surface area contributed by atoms with Crippen molar-refractivity contribution in [1.29, 1.82) is 0 Å². The van der Waals surface area contributed by atoms with Crippen molar-refractivity contribution in [3.63, 3.8) is 0 Å². The molecule has 1 unspecified atom stereocenters. The topological polar surface area (TPSA) is 74.4 Å². The van der Waals surface area contributed by atoms with Crippen LogP contribution >= 0.6 is 0 Å². The number of hydrogen-bond donors (Lipinski definition) is 2. The molecule has 2 rings (SSSR count). The van der Waals surface area contributed by atoms with Gasteiger partial charge in [0.2, 0.25) is 0 Å². The Balaban J connectivity index is 1.88. The molecule has 0 saturated carbocycles. The number of aromatic amines is 1. The Bertz CT molecular complexity index is 480. The minimum absolute atomic E-state index is 0.00907. The zero-order valence-corrected chi connectivity index (χ0v) is 11.0. The van der Waals surface area contributed by atoms with Gasteiger partial charge in [-0.05, 0) is 19.1 Å². The fourth-order valence-corrected chi connectivity index (χ4v) is 2.12. The van der Waals surface area contributed by atoms with Crippen molar-refractivity contribution in [1.82, 2.24) is 15.2 Å². The van der Waals surface area contributed by atoms with Crippen LogP contribution in [0.1, 0.15) is 17.3 Å². The first-order valence-corrected chi connectivity index (χ1v) is 6.45. The molecule has 104 valence electrons. The third-order valence-electron chi connectivity index (χ3n) is 3.08. The number of ether oxygens (including phenoxy) is 1. The first kappa shape index (κ1) is 13.8. The number of morpholine rings is 1. The molecule has 6 nitrogen and oxygen atoms in total. The lowest BCUT2D eigenvalue weighted by molar-refractivity contribution is 0.0342. The van der Waals surface area contributed by atoms with E-state index in [2.05, 4.69) is 15.2 Å². The van der Waals surface area contributed by atoms with Crippen LogP contribution in [0.2, 0.25) is 0 Å². The predicted octanol–water partition coefficient (Wildman–Crippen LogP) is -0.175. The van der Waals surface area contributed by atoms with E-state index in [0.29, 0.717) is 0 Å². The molecule has 1 aromatic rings. The van der Waals surface area contributed by atoms with Crippen molar-refractivity contribution in [2.75, 3.05) is 32.8 Å². The van der Waals surface area contributed by atoms with Crippen molar-refractivity contribution in [2.24, 2.45) is 0 Å². The minimum Gasteiger partial charge on any atom is -0.379 e. The van der Waals surface area contributed by atoms with E-state index in [4.69, 9.17) is 4.74 Å². The van der Waals surface area contributed by atoms with Gasteiger partial charge in [-0.15, -0.1) is 0 Å². The van der Waals surface area contributed by atoms with Crippen LogP contribution < -0.4 is 10.9 Å². The number of carbonyl (C=O) groups excluding carboxylic acids is 1. The average molecular weight is 265 g/mol. The summed E-state index contributed by atoms with van der Waals surface area (Å²) in [5.41, 5.74) is -0.213. The second kappa shape index (κ2) is 6.49. The van der Waals surface area contributed by atoms with Crippen molar-refractivity contribution in [3.05, 3.63) is 34.2 Å². The normalized spacial score (nSPS) is 17.9. The van der Waals surface area contributed by atoms with Crippen LogP contribution in [0.5, 0.6) is 0 Å². The predicted molar refractivity (Wildman–Crippen MR) is 71.2 cm³/mol. The van der Waals surface area contributed by atoms with Crippen LogP contribution in [0.4, 0.5) is 0 Å². The molecule has 0 aliphatic carbocycles. The van der Waals surface area contributed by atoms with Crippen LogP contribution in [0.25, 0.3) is 0 Å². The largest absolute Gasteiger partial charge is 0.379 e. The second-order valence-electron chi connectivity index (χ2n) is 4.70. The zero-order chi connectivity index (χ0) is 13.7. The summed E-state index contributed by atoms with van der Waals surface area (Å²) < 4.78 is 5.27. The van der Waals surface area contributed by atoms with Gasteiger partial charge in [-0.2, -0.15) is 0 Å². The van der Waals surface area contributed by atoms with Gasteiger partial charge >= 0.3 is 0 Å². The molecule has 0 spiro atoms. The number of aromatic nitrogens is 1. The Kier molecular flexibility index (Phi) is 4.70. The van der Waals surface area contributed by atoms with E-state index in [9.17, 15) is 9.59 Å². The number of amides is 1. The standard InChI is InChI=1S/C13H19N3O3/c1-10(9-16-5-7-19-8-6-16)15-13(18)11-3-2-4-14-12(11)17/h2-4,10H,5-9H2,1H3,(H,14,17)(H,15,18). The van der Waals surface area contributed by atoms with Gasteiger partial charge in [-0.1, -0.05) is 0 Å². The summed E-state index contributed by atoms with van der Waals surface area (Å²) in [4.78, 5) is 28.2. The van der Waals surface area contributed by atoms with Gasteiger partial charge in [-0.3, -0.25) is 14.5 Å². The number of carbonyl (C=O) groups is 1. The van der Waals surface area contributed by atoms with Gasteiger partial charge in [0.25, 0.3) is 11.5 Å². The Hall–Kier alpha value is -1.66. The van der Waals surface area contributed by atoms with Gasteiger partial charge in [-0.25, -0.2) is 0 Å².